The highest BCUT2D eigenvalue weighted by molar-refractivity contribution is 7.22. The molecule has 0 bridgehead atoms. The number of benzene rings is 1. The van der Waals surface area contributed by atoms with Gasteiger partial charge in [0.1, 0.15) is 18.0 Å². The third-order valence-electron chi connectivity index (χ3n) is 4.06. The van der Waals surface area contributed by atoms with Crippen LogP contribution in [0.1, 0.15) is 6.92 Å². The van der Waals surface area contributed by atoms with E-state index in [1.54, 1.807) is 29.8 Å². The second kappa shape index (κ2) is 5.86. The Labute approximate surface area is 137 Å². The summed E-state index contributed by atoms with van der Waals surface area (Å²) in [5.41, 5.74) is 1.92. The molecule has 1 aromatic carbocycles. The van der Waals surface area contributed by atoms with Crippen molar-refractivity contribution >= 4 is 27.4 Å². The summed E-state index contributed by atoms with van der Waals surface area (Å²) in [6.07, 6.45) is 1.61. The summed E-state index contributed by atoms with van der Waals surface area (Å²) in [4.78, 5) is 12.3. The molecule has 0 spiro atoms. The Bertz CT molecular complexity index is 833. The highest BCUT2D eigenvalue weighted by Crippen LogP contribution is 2.37. The third-order valence-corrected chi connectivity index (χ3v) is 5.23. The van der Waals surface area contributed by atoms with E-state index in [2.05, 4.69) is 21.8 Å². The van der Waals surface area contributed by atoms with Crippen LogP contribution in [0.5, 0.6) is 0 Å². The van der Waals surface area contributed by atoms with Crippen molar-refractivity contribution in [3.63, 3.8) is 0 Å². The molecule has 4 nitrogen and oxygen atoms in total. The molecule has 1 atom stereocenters. The smallest absolute Gasteiger partial charge is 0.150 e. The highest BCUT2D eigenvalue weighted by atomic mass is 32.1. The van der Waals surface area contributed by atoms with E-state index in [1.807, 2.05) is 6.07 Å². The van der Waals surface area contributed by atoms with Gasteiger partial charge in [-0.1, -0.05) is 12.1 Å². The summed E-state index contributed by atoms with van der Waals surface area (Å²) in [6.45, 7) is 4.40. The van der Waals surface area contributed by atoms with E-state index in [0.29, 0.717) is 19.3 Å². The van der Waals surface area contributed by atoms with E-state index in [4.69, 9.17) is 4.74 Å². The molecule has 0 aliphatic carbocycles. The number of hydrogen-bond acceptors (Lipinski definition) is 5. The molecule has 1 aliphatic rings. The van der Waals surface area contributed by atoms with Crippen LogP contribution in [-0.4, -0.2) is 35.8 Å². The second-order valence-corrected chi connectivity index (χ2v) is 6.70. The number of fused-ring (bicyclic) bond motifs is 1. The van der Waals surface area contributed by atoms with Crippen LogP contribution in [0.4, 0.5) is 10.2 Å². The van der Waals surface area contributed by atoms with E-state index >= 15 is 0 Å². The molecule has 118 valence electrons. The Balaban J connectivity index is 1.79. The molecule has 6 heteroatoms. The zero-order chi connectivity index (χ0) is 15.8. The maximum atomic E-state index is 13.1. The fraction of sp³-hybridized carbons (Fsp3) is 0.294. The highest BCUT2D eigenvalue weighted by Gasteiger charge is 2.23. The lowest BCUT2D eigenvalue weighted by atomic mass is 10.2. The first-order chi connectivity index (χ1) is 11.2. The van der Waals surface area contributed by atoms with Gasteiger partial charge in [0.05, 0.1) is 29.5 Å². The molecule has 3 heterocycles. The van der Waals surface area contributed by atoms with Crippen LogP contribution in [0.25, 0.3) is 20.7 Å². The number of thiophene rings is 1. The van der Waals surface area contributed by atoms with Crippen LogP contribution in [0.3, 0.4) is 0 Å². The first-order valence-corrected chi connectivity index (χ1v) is 8.39. The molecule has 2 aromatic heterocycles. The third kappa shape index (κ3) is 2.68. The van der Waals surface area contributed by atoms with Gasteiger partial charge < -0.3 is 9.64 Å². The molecule has 1 aliphatic heterocycles. The normalized spacial score (nSPS) is 18.5. The zero-order valence-corrected chi connectivity index (χ0v) is 13.5. The lowest BCUT2D eigenvalue weighted by Gasteiger charge is -2.34. The summed E-state index contributed by atoms with van der Waals surface area (Å²) in [7, 11) is 0. The van der Waals surface area contributed by atoms with E-state index in [0.717, 1.165) is 33.0 Å². The predicted molar refractivity (Wildman–Crippen MR) is 90.4 cm³/mol. The zero-order valence-electron chi connectivity index (χ0n) is 12.7. The van der Waals surface area contributed by atoms with Crippen LogP contribution in [0.2, 0.25) is 0 Å². The minimum Gasteiger partial charge on any atom is -0.377 e. The molecule has 0 N–H and O–H groups in total. The van der Waals surface area contributed by atoms with Gasteiger partial charge in [-0.25, -0.2) is 14.4 Å². The Morgan fingerprint density at radius 1 is 1.26 bits per heavy atom. The van der Waals surface area contributed by atoms with Crippen molar-refractivity contribution in [3.05, 3.63) is 42.5 Å². The average molecular weight is 329 g/mol. The molecule has 0 radical (unpaired) electrons. The van der Waals surface area contributed by atoms with Gasteiger partial charge in [0.15, 0.2) is 0 Å². The van der Waals surface area contributed by atoms with Crippen molar-refractivity contribution in [3.8, 4) is 10.4 Å². The van der Waals surface area contributed by atoms with Crippen molar-refractivity contribution in [1.29, 1.82) is 0 Å². The molecule has 1 saturated heterocycles. The quantitative estimate of drug-likeness (QED) is 0.718. The van der Waals surface area contributed by atoms with Crippen LogP contribution >= 0.6 is 11.3 Å². The number of ether oxygens (including phenoxy) is 1. The Hall–Kier alpha value is -2.05. The largest absolute Gasteiger partial charge is 0.377 e. The lowest BCUT2D eigenvalue weighted by Crippen LogP contribution is -2.44. The van der Waals surface area contributed by atoms with Gasteiger partial charge in [-0.2, -0.15) is 0 Å². The minimum absolute atomic E-state index is 0.225. The van der Waals surface area contributed by atoms with Gasteiger partial charge in [0, 0.05) is 11.4 Å². The van der Waals surface area contributed by atoms with Gasteiger partial charge in [-0.05, 0) is 30.7 Å². The first-order valence-electron chi connectivity index (χ1n) is 7.57. The summed E-state index contributed by atoms with van der Waals surface area (Å²) < 4.78 is 19.7. The molecule has 0 saturated carbocycles. The SMILES string of the molecule is C[C@@H]1COCCN1c1ncnc2cc(-c3ccc(F)cc3)sc12. The number of morpholine rings is 1. The number of hydrogen-bond donors (Lipinski definition) is 0. The van der Waals surface area contributed by atoms with Crippen molar-refractivity contribution in [2.75, 3.05) is 24.7 Å². The fourth-order valence-corrected chi connectivity index (χ4v) is 3.97. The summed E-state index contributed by atoms with van der Waals surface area (Å²) in [5, 5.41) is 0. The van der Waals surface area contributed by atoms with Crippen molar-refractivity contribution in [1.82, 2.24) is 9.97 Å². The maximum Gasteiger partial charge on any atom is 0.150 e. The Morgan fingerprint density at radius 2 is 2.09 bits per heavy atom. The average Bonchev–Trinajstić information content (AvgIpc) is 3.00. The van der Waals surface area contributed by atoms with E-state index < -0.39 is 0 Å². The Kier molecular flexibility index (Phi) is 3.71. The molecule has 23 heavy (non-hydrogen) atoms. The fourth-order valence-electron chi connectivity index (χ4n) is 2.84. The topological polar surface area (TPSA) is 38.2 Å². The van der Waals surface area contributed by atoms with Crippen molar-refractivity contribution < 1.29 is 9.13 Å². The molecule has 0 unspecified atom stereocenters. The molecule has 1 fully saturated rings. The number of anilines is 1. The number of aromatic nitrogens is 2. The van der Waals surface area contributed by atoms with E-state index in [-0.39, 0.29) is 5.82 Å². The molecule has 3 aromatic rings. The molecule has 4 rings (SSSR count). The molecular weight excluding hydrogens is 313 g/mol. The number of rotatable bonds is 2. The van der Waals surface area contributed by atoms with E-state index in [1.165, 1.54) is 12.1 Å². The van der Waals surface area contributed by atoms with Gasteiger partial charge in [-0.15, -0.1) is 11.3 Å². The van der Waals surface area contributed by atoms with Gasteiger partial charge >= 0.3 is 0 Å². The second-order valence-electron chi connectivity index (χ2n) is 5.65. The Morgan fingerprint density at radius 3 is 2.87 bits per heavy atom. The molecular formula is C17H16FN3OS. The van der Waals surface area contributed by atoms with Crippen LogP contribution in [0.15, 0.2) is 36.7 Å². The van der Waals surface area contributed by atoms with Crippen LogP contribution in [-0.2, 0) is 4.74 Å². The predicted octanol–water partition coefficient (Wildman–Crippen LogP) is 3.72. The van der Waals surface area contributed by atoms with Gasteiger partial charge in [0.25, 0.3) is 0 Å². The first kappa shape index (κ1) is 14.5. The number of nitrogens with zero attached hydrogens (tertiary/aromatic N) is 3. The maximum absolute atomic E-state index is 13.1. The standard InChI is InChI=1S/C17H16FN3OS/c1-11-9-22-7-6-21(11)17-16-14(19-10-20-17)8-15(23-16)12-2-4-13(18)5-3-12/h2-5,8,10-11H,6-7,9H2,1H3/t11-/m1/s1. The van der Waals surface area contributed by atoms with E-state index in [9.17, 15) is 4.39 Å². The van der Waals surface area contributed by atoms with Crippen LogP contribution < -0.4 is 4.90 Å². The summed E-state index contributed by atoms with van der Waals surface area (Å²) >= 11 is 1.65. The van der Waals surface area contributed by atoms with Gasteiger partial charge in [-0.3, -0.25) is 0 Å². The van der Waals surface area contributed by atoms with Crippen molar-refractivity contribution in [2.24, 2.45) is 0 Å². The van der Waals surface area contributed by atoms with Crippen LogP contribution in [0, 0.1) is 5.82 Å². The number of halogens is 1. The van der Waals surface area contributed by atoms with Crippen molar-refractivity contribution in [2.45, 2.75) is 13.0 Å². The summed E-state index contributed by atoms with van der Waals surface area (Å²) in [6, 6.07) is 8.89. The van der Waals surface area contributed by atoms with Gasteiger partial charge in [0.2, 0.25) is 0 Å². The summed E-state index contributed by atoms with van der Waals surface area (Å²) in [5.74, 6) is 0.738. The lowest BCUT2D eigenvalue weighted by molar-refractivity contribution is 0.0987. The monoisotopic (exact) mass is 329 g/mol. The molecule has 0 amide bonds. The minimum atomic E-state index is -0.225.